The Hall–Kier alpha value is -1.65. The molecule has 3 rings (SSSR count). The highest BCUT2D eigenvalue weighted by Crippen LogP contribution is 2.40. The van der Waals surface area contributed by atoms with Gasteiger partial charge in [0.05, 0.1) is 5.69 Å². The Kier molecular flexibility index (Phi) is 1.15. The predicted octanol–water partition coefficient (Wildman–Crippen LogP) is 0.418. The minimum atomic E-state index is 0.584. The molecule has 0 bridgehead atoms. The maximum absolute atomic E-state index is 5.63. The van der Waals surface area contributed by atoms with E-state index < -0.39 is 0 Å². The van der Waals surface area contributed by atoms with Crippen LogP contribution in [0.5, 0.6) is 0 Å². The topological polar surface area (TPSA) is 69.6 Å². The number of nitrogen functional groups attached to an aromatic ring is 1. The Labute approximate surface area is 74.6 Å². The van der Waals surface area contributed by atoms with Crippen LogP contribution in [-0.4, -0.2) is 19.6 Å². The summed E-state index contributed by atoms with van der Waals surface area (Å²) in [6, 6.07) is 0. The molecule has 0 atom stereocenters. The van der Waals surface area contributed by atoms with Gasteiger partial charge in [0.1, 0.15) is 18.2 Å². The van der Waals surface area contributed by atoms with Gasteiger partial charge in [-0.3, -0.25) is 0 Å². The number of imidazole rings is 1. The Morgan fingerprint density at radius 3 is 2.92 bits per heavy atom. The van der Waals surface area contributed by atoms with Crippen LogP contribution in [0, 0.1) is 0 Å². The van der Waals surface area contributed by atoms with Gasteiger partial charge in [0.15, 0.2) is 5.65 Å². The van der Waals surface area contributed by atoms with E-state index in [0.717, 1.165) is 16.9 Å². The highest BCUT2D eigenvalue weighted by Gasteiger charge is 2.28. The molecule has 66 valence electrons. The molecule has 0 unspecified atom stereocenters. The maximum Gasteiger partial charge on any atom is 0.181 e. The molecule has 2 aromatic rings. The van der Waals surface area contributed by atoms with E-state index in [2.05, 4.69) is 15.0 Å². The Bertz CT molecular complexity index is 457. The van der Waals surface area contributed by atoms with Crippen LogP contribution in [0.3, 0.4) is 0 Å². The molecule has 2 N–H and O–H groups in total. The summed E-state index contributed by atoms with van der Waals surface area (Å²) in [6.07, 6.45) is 5.55. The van der Waals surface area contributed by atoms with Gasteiger partial charge < -0.3 is 5.84 Å². The van der Waals surface area contributed by atoms with Gasteiger partial charge in [-0.25, -0.2) is 19.6 Å². The molecule has 0 spiro atoms. The summed E-state index contributed by atoms with van der Waals surface area (Å²) in [4.78, 5) is 12.5. The normalized spacial score (nSPS) is 16.6. The van der Waals surface area contributed by atoms with Crippen molar-refractivity contribution in [1.82, 2.24) is 19.6 Å². The second-order valence-electron chi connectivity index (χ2n) is 3.36. The lowest BCUT2D eigenvalue weighted by Gasteiger charge is -1.97. The predicted molar refractivity (Wildman–Crippen MR) is 47.4 cm³/mol. The monoisotopic (exact) mass is 175 g/mol. The van der Waals surface area contributed by atoms with Crippen molar-refractivity contribution in [2.75, 3.05) is 5.84 Å². The first-order valence-electron chi connectivity index (χ1n) is 4.29. The zero-order valence-electron chi connectivity index (χ0n) is 7.01. The number of nitrogens with zero attached hydrogens (tertiary/aromatic N) is 4. The fourth-order valence-electron chi connectivity index (χ4n) is 1.53. The molecular formula is C8H9N5. The molecule has 2 heterocycles. The lowest BCUT2D eigenvalue weighted by atomic mass is 10.2. The molecule has 1 saturated carbocycles. The van der Waals surface area contributed by atoms with Crippen molar-refractivity contribution in [2.45, 2.75) is 18.8 Å². The van der Waals surface area contributed by atoms with Gasteiger partial charge in [0, 0.05) is 5.92 Å². The van der Waals surface area contributed by atoms with Crippen molar-refractivity contribution < 1.29 is 0 Å². The summed E-state index contributed by atoms with van der Waals surface area (Å²) in [7, 11) is 0. The van der Waals surface area contributed by atoms with Gasteiger partial charge in [-0.2, -0.15) is 0 Å². The zero-order valence-corrected chi connectivity index (χ0v) is 7.01. The Morgan fingerprint density at radius 2 is 2.15 bits per heavy atom. The van der Waals surface area contributed by atoms with E-state index in [1.165, 1.54) is 17.5 Å². The van der Waals surface area contributed by atoms with E-state index in [0.29, 0.717) is 5.92 Å². The van der Waals surface area contributed by atoms with Gasteiger partial charge in [0.2, 0.25) is 0 Å². The highest BCUT2D eigenvalue weighted by atomic mass is 15.3. The van der Waals surface area contributed by atoms with Crippen LogP contribution in [0.2, 0.25) is 0 Å². The van der Waals surface area contributed by atoms with Crippen LogP contribution >= 0.6 is 0 Å². The maximum atomic E-state index is 5.63. The van der Waals surface area contributed by atoms with Crippen LogP contribution in [0.1, 0.15) is 24.5 Å². The second-order valence-corrected chi connectivity index (χ2v) is 3.36. The number of rotatable bonds is 1. The molecule has 0 aromatic carbocycles. The second kappa shape index (κ2) is 2.18. The van der Waals surface area contributed by atoms with E-state index in [9.17, 15) is 0 Å². The van der Waals surface area contributed by atoms with Gasteiger partial charge in [0.25, 0.3) is 0 Å². The van der Waals surface area contributed by atoms with Gasteiger partial charge >= 0.3 is 0 Å². The molecule has 1 fully saturated rings. The molecule has 0 radical (unpaired) electrons. The van der Waals surface area contributed by atoms with Gasteiger partial charge in [-0.15, -0.1) is 0 Å². The third kappa shape index (κ3) is 0.898. The summed E-state index contributed by atoms with van der Waals surface area (Å²) < 4.78 is 1.43. The molecule has 1 aliphatic rings. The first kappa shape index (κ1) is 6.82. The average Bonchev–Trinajstić information content (AvgIpc) is 2.92. The van der Waals surface area contributed by atoms with Crippen molar-refractivity contribution in [3.8, 4) is 0 Å². The molecule has 0 saturated heterocycles. The minimum absolute atomic E-state index is 0.584. The number of hydrogen-bond acceptors (Lipinski definition) is 4. The third-order valence-electron chi connectivity index (χ3n) is 2.35. The minimum Gasteiger partial charge on any atom is -0.336 e. The van der Waals surface area contributed by atoms with Crippen LogP contribution in [0.25, 0.3) is 11.2 Å². The largest absolute Gasteiger partial charge is 0.336 e. The van der Waals surface area contributed by atoms with E-state index in [1.54, 1.807) is 12.7 Å². The molecule has 5 nitrogen and oxygen atoms in total. The van der Waals surface area contributed by atoms with Crippen LogP contribution in [-0.2, 0) is 0 Å². The number of aromatic nitrogens is 4. The summed E-state index contributed by atoms with van der Waals surface area (Å²) in [6.45, 7) is 0. The summed E-state index contributed by atoms with van der Waals surface area (Å²) >= 11 is 0. The number of nitrogens with two attached hydrogens (primary N) is 1. The van der Waals surface area contributed by atoms with Crippen LogP contribution in [0.4, 0.5) is 0 Å². The lowest BCUT2D eigenvalue weighted by Crippen LogP contribution is -2.06. The Morgan fingerprint density at radius 1 is 1.31 bits per heavy atom. The fraction of sp³-hybridized carbons (Fsp3) is 0.375. The lowest BCUT2D eigenvalue weighted by molar-refractivity contribution is 0.987. The SMILES string of the molecule is Nn1cnc2c(C3CC3)ncnc21. The summed E-state index contributed by atoms with van der Waals surface area (Å²) in [5, 5.41) is 0. The average molecular weight is 175 g/mol. The quantitative estimate of drug-likeness (QED) is 0.637. The van der Waals surface area contributed by atoms with E-state index in [1.807, 2.05) is 0 Å². The first-order chi connectivity index (χ1) is 6.36. The first-order valence-corrected chi connectivity index (χ1v) is 4.29. The standard InChI is InChI=1S/C8H9N5/c9-13-4-12-7-6(5-1-2-5)10-3-11-8(7)13/h3-5H,1-2,9H2. The molecule has 0 amide bonds. The molecule has 0 aliphatic heterocycles. The van der Waals surface area contributed by atoms with E-state index in [-0.39, 0.29) is 0 Å². The highest BCUT2D eigenvalue weighted by molar-refractivity contribution is 5.74. The van der Waals surface area contributed by atoms with Crippen molar-refractivity contribution >= 4 is 11.2 Å². The van der Waals surface area contributed by atoms with Crippen molar-refractivity contribution in [2.24, 2.45) is 0 Å². The zero-order chi connectivity index (χ0) is 8.84. The Balaban J connectivity index is 2.33. The van der Waals surface area contributed by atoms with Gasteiger partial charge in [-0.05, 0) is 12.8 Å². The van der Waals surface area contributed by atoms with Crippen molar-refractivity contribution in [3.63, 3.8) is 0 Å². The molecule has 1 aliphatic carbocycles. The van der Waals surface area contributed by atoms with Gasteiger partial charge in [-0.1, -0.05) is 0 Å². The van der Waals surface area contributed by atoms with Crippen LogP contribution in [0.15, 0.2) is 12.7 Å². The van der Waals surface area contributed by atoms with Crippen LogP contribution < -0.4 is 5.84 Å². The van der Waals surface area contributed by atoms with E-state index >= 15 is 0 Å². The summed E-state index contributed by atoms with van der Waals surface area (Å²) in [5.74, 6) is 6.21. The fourth-order valence-corrected chi connectivity index (χ4v) is 1.53. The number of hydrogen-bond donors (Lipinski definition) is 1. The smallest absolute Gasteiger partial charge is 0.181 e. The van der Waals surface area contributed by atoms with E-state index in [4.69, 9.17) is 5.84 Å². The van der Waals surface area contributed by atoms with Crippen molar-refractivity contribution in [1.29, 1.82) is 0 Å². The molecule has 13 heavy (non-hydrogen) atoms. The molecular weight excluding hydrogens is 166 g/mol. The molecule has 5 heteroatoms. The summed E-state index contributed by atoms with van der Waals surface area (Å²) in [5.41, 5.74) is 2.62. The third-order valence-corrected chi connectivity index (χ3v) is 2.35. The number of fused-ring (bicyclic) bond motifs is 1. The van der Waals surface area contributed by atoms with Crippen molar-refractivity contribution in [3.05, 3.63) is 18.3 Å². The molecule has 2 aromatic heterocycles.